The molecule has 2 heterocycles. The van der Waals surface area contributed by atoms with Gasteiger partial charge in [-0.15, -0.1) is 0 Å². The Hall–Kier alpha value is -0.973. The molecule has 0 aromatic carbocycles. The molecule has 140 valence electrons. The molecule has 0 N–H and O–H groups in total. The molecular formula is C15H23NO6S2Si. The molecular weight excluding hydrogens is 382 g/mol. The van der Waals surface area contributed by atoms with E-state index in [-0.39, 0.29) is 5.91 Å². The summed E-state index contributed by atoms with van der Waals surface area (Å²) in [4.78, 5) is 39.2. The molecule has 25 heavy (non-hydrogen) atoms. The first-order valence-corrected chi connectivity index (χ1v) is 13.4. The number of esters is 2. The highest BCUT2D eigenvalue weighted by Crippen LogP contribution is 2.57. The first-order valence-electron chi connectivity index (χ1n) is 7.83. The Labute approximate surface area is 156 Å². The van der Waals surface area contributed by atoms with E-state index in [1.165, 1.54) is 28.5 Å². The average molecular weight is 406 g/mol. The van der Waals surface area contributed by atoms with Crippen LogP contribution in [0.1, 0.15) is 20.8 Å². The average Bonchev–Trinajstić information content (AvgIpc) is 2.46. The maximum Gasteiger partial charge on any atom is 0.330 e. The van der Waals surface area contributed by atoms with Crippen molar-refractivity contribution in [1.29, 1.82) is 0 Å². The molecule has 0 unspecified atom stereocenters. The Morgan fingerprint density at radius 2 is 2.00 bits per heavy atom. The fraction of sp³-hybridized carbons (Fsp3) is 0.667. The van der Waals surface area contributed by atoms with Crippen LogP contribution in [0.25, 0.3) is 0 Å². The molecule has 0 bridgehead atoms. The van der Waals surface area contributed by atoms with Gasteiger partial charge >= 0.3 is 11.9 Å². The summed E-state index contributed by atoms with van der Waals surface area (Å²) in [7, 11) is 0.946. The molecule has 0 aliphatic carbocycles. The number of rotatable bonds is 6. The summed E-state index contributed by atoms with van der Waals surface area (Å²) in [6, 6.07) is 0. The van der Waals surface area contributed by atoms with Crippen molar-refractivity contribution < 1.29 is 28.3 Å². The third kappa shape index (κ3) is 3.91. The summed E-state index contributed by atoms with van der Waals surface area (Å²) in [5.74, 6) is -1.62. The normalized spacial score (nSPS) is 27.0. The number of fused-ring (bicyclic) bond motifs is 1. The van der Waals surface area contributed by atoms with Crippen LogP contribution >= 0.6 is 21.6 Å². The van der Waals surface area contributed by atoms with Gasteiger partial charge in [0.15, 0.2) is 8.32 Å². The maximum absolute atomic E-state index is 12.9. The van der Waals surface area contributed by atoms with Crippen molar-refractivity contribution in [3.63, 3.8) is 0 Å². The number of β-lactam (4-membered cyclic amide) rings is 1. The molecule has 0 aromatic heterocycles. The summed E-state index contributed by atoms with van der Waals surface area (Å²) in [6.07, 6.45) is 1.10. The summed E-state index contributed by atoms with van der Waals surface area (Å²) in [5.41, 5.74) is -1.44. The van der Waals surface area contributed by atoms with Crippen LogP contribution < -0.4 is 0 Å². The molecule has 2 aliphatic rings. The van der Waals surface area contributed by atoms with Crippen LogP contribution in [0, 0.1) is 5.41 Å². The van der Waals surface area contributed by atoms with Crippen molar-refractivity contribution in [2.45, 2.75) is 51.9 Å². The van der Waals surface area contributed by atoms with E-state index in [0.717, 1.165) is 4.91 Å². The minimum Gasteiger partial charge on any atom is -0.428 e. The SMILES string of the molecule is CC(=O)OCOC(=O)[C@]1([C@@H](C)O[Si](C)(C)C)C(=O)N2C=C(C)SS[C@@H]21. The van der Waals surface area contributed by atoms with Crippen LogP contribution in [0.15, 0.2) is 11.1 Å². The van der Waals surface area contributed by atoms with Gasteiger partial charge in [0, 0.05) is 18.0 Å². The van der Waals surface area contributed by atoms with Gasteiger partial charge in [0.2, 0.25) is 12.2 Å². The molecule has 0 saturated carbocycles. The number of allylic oxidation sites excluding steroid dienone is 1. The van der Waals surface area contributed by atoms with Gasteiger partial charge in [0.05, 0.1) is 6.10 Å². The second kappa shape index (κ2) is 7.34. The van der Waals surface area contributed by atoms with E-state index in [1.807, 2.05) is 26.6 Å². The van der Waals surface area contributed by atoms with E-state index in [4.69, 9.17) is 9.16 Å². The molecule has 7 nitrogen and oxygen atoms in total. The van der Waals surface area contributed by atoms with Gasteiger partial charge < -0.3 is 18.8 Å². The lowest BCUT2D eigenvalue weighted by Gasteiger charge is -2.56. The quantitative estimate of drug-likeness (QED) is 0.167. The van der Waals surface area contributed by atoms with Gasteiger partial charge in [-0.3, -0.25) is 14.4 Å². The first-order chi connectivity index (χ1) is 11.5. The van der Waals surface area contributed by atoms with Crippen molar-refractivity contribution in [3.8, 4) is 0 Å². The lowest BCUT2D eigenvalue weighted by molar-refractivity contribution is -0.196. The Morgan fingerprint density at radius 3 is 2.56 bits per heavy atom. The fourth-order valence-corrected chi connectivity index (χ4v) is 6.83. The zero-order valence-electron chi connectivity index (χ0n) is 15.2. The number of carbonyl (C=O) groups is 3. The number of hydrogen-bond donors (Lipinski definition) is 0. The van der Waals surface area contributed by atoms with Crippen molar-refractivity contribution >= 4 is 47.8 Å². The van der Waals surface area contributed by atoms with Crippen molar-refractivity contribution in [2.24, 2.45) is 5.41 Å². The molecule has 1 amide bonds. The summed E-state index contributed by atoms with van der Waals surface area (Å²) >= 11 is 0. The molecule has 2 aliphatic heterocycles. The molecule has 1 fully saturated rings. The Kier molecular flexibility index (Phi) is 5.97. The minimum absolute atomic E-state index is 0.344. The van der Waals surface area contributed by atoms with E-state index in [1.54, 1.807) is 18.0 Å². The highest BCUT2D eigenvalue weighted by Gasteiger charge is 2.71. The van der Waals surface area contributed by atoms with Crippen LogP contribution in [0.3, 0.4) is 0 Å². The molecule has 10 heteroatoms. The number of ether oxygens (including phenoxy) is 2. The maximum atomic E-state index is 12.9. The third-order valence-electron chi connectivity index (χ3n) is 3.78. The molecule has 3 atom stereocenters. The van der Waals surface area contributed by atoms with Gasteiger partial charge in [-0.1, -0.05) is 21.6 Å². The minimum atomic E-state index is -2.00. The van der Waals surface area contributed by atoms with Crippen molar-refractivity contribution in [3.05, 3.63) is 11.1 Å². The second-order valence-corrected chi connectivity index (χ2v) is 13.9. The molecule has 2 rings (SSSR count). The molecule has 0 spiro atoms. The van der Waals surface area contributed by atoms with Crippen LogP contribution in [0.4, 0.5) is 0 Å². The van der Waals surface area contributed by atoms with Gasteiger partial charge in [0.1, 0.15) is 5.37 Å². The second-order valence-electron chi connectivity index (χ2n) is 6.91. The number of amides is 1. The van der Waals surface area contributed by atoms with Crippen LogP contribution in [-0.4, -0.2) is 49.3 Å². The van der Waals surface area contributed by atoms with Gasteiger partial charge in [0.25, 0.3) is 5.91 Å². The summed E-state index contributed by atoms with van der Waals surface area (Å²) in [6.45, 7) is 10.3. The van der Waals surface area contributed by atoms with Gasteiger partial charge in [-0.05, 0) is 33.5 Å². The summed E-state index contributed by atoms with van der Waals surface area (Å²) < 4.78 is 15.9. The third-order valence-corrected chi connectivity index (χ3v) is 7.71. The Bertz CT molecular complexity index is 620. The first kappa shape index (κ1) is 20.3. The van der Waals surface area contributed by atoms with Crippen molar-refractivity contribution in [2.75, 3.05) is 6.79 Å². The van der Waals surface area contributed by atoms with Crippen molar-refractivity contribution in [1.82, 2.24) is 4.90 Å². The van der Waals surface area contributed by atoms with E-state index in [0.29, 0.717) is 0 Å². The number of carbonyl (C=O) groups excluding carboxylic acids is 3. The van der Waals surface area contributed by atoms with Crippen LogP contribution in [0.5, 0.6) is 0 Å². The molecule has 1 saturated heterocycles. The monoisotopic (exact) mass is 405 g/mol. The lowest BCUT2D eigenvalue weighted by atomic mass is 9.74. The van der Waals surface area contributed by atoms with E-state index < -0.39 is 43.9 Å². The largest absolute Gasteiger partial charge is 0.428 e. The summed E-state index contributed by atoms with van der Waals surface area (Å²) in [5, 5.41) is -0.412. The van der Waals surface area contributed by atoms with Gasteiger partial charge in [-0.25, -0.2) is 0 Å². The standard InChI is InChI=1S/C15H23NO6S2Si/c1-9-7-16-12(18)15(13(16)24-23-9,10(2)22-25(4,5)6)14(19)21-8-20-11(3)17/h7,10,13H,8H2,1-6H3/t10-,13-,15-/m1/s1. The van der Waals surface area contributed by atoms with E-state index >= 15 is 0 Å². The smallest absolute Gasteiger partial charge is 0.330 e. The van der Waals surface area contributed by atoms with E-state index in [2.05, 4.69) is 4.74 Å². The molecule has 0 aromatic rings. The fourth-order valence-electron chi connectivity index (χ4n) is 2.80. The highest BCUT2D eigenvalue weighted by molar-refractivity contribution is 8.78. The Morgan fingerprint density at radius 1 is 1.36 bits per heavy atom. The lowest BCUT2D eigenvalue weighted by Crippen LogP contribution is -2.74. The van der Waals surface area contributed by atoms with E-state index in [9.17, 15) is 14.4 Å². The number of nitrogens with zero attached hydrogens (tertiary/aromatic N) is 1. The predicted octanol–water partition coefficient (Wildman–Crippen LogP) is 2.70. The zero-order chi connectivity index (χ0) is 19.0. The molecule has 0 radical (unpaired) electrons. The topological polar surface area (TPSA) is 82.1 Å². The van der Waals surface area contributed by atoms with Gasteiger partial charge in [-0.2, -0.15) is 0 Å². The highest BCUT2D eigenvalue weighted by atomic mass is 33.1. The zero-order valence-corrected chi connectivity index (χ0v) is 17.8. The van der Waals surface area contributed by atoms with Crippen LogP contribution in [-0.2, 0) is 28.3 Å². The Balaban J connectivity index is 2.28. The predicted molar refractivity (Wildman–Crippen MR) is 98.6 cm³/mol. The number of hydrogen-bond acceptors (Lipinski definition) is 8. The van der Waals surface area contributed by atoms with Crippen LogP contribution in [0.2, 0.25) is 19.6 Å².